The first-order valence-corrected chi connectivity index (χ1v) is 16.4. The molecule has 4 aromatic rings. The summed E-state index contributed by atoms with van der Waals surface area (Å²) in [6.45, 7) is 0.963. The van der Waals surface area contributed by atoms with Crippen molar-refractivity contribution in [3.63, 3.8) is 0 Å². The SMILES string of the molecule is COc1cccc(CCNNC(=O)[C@@]2(Cc3ccccc3Br)N=C(c3ccc(OCCCO)cc3)O[C@H]2c2ccccc2CN=[N+]=[N-])c1. The summed E-state index contributed by atoms with van der Waals surface area (Å²) in [4.78, 5) is 22.6. The molecule has 0 aromatic heterocycles. The van der Waals surface area contributed by atoms with Crippen molar-refractivity contribution in [1.82, 2.24) is 10.9 Å². The molecule has 1 aliphatic heterocycles. The van der Waals surface area contributed by atoms with Crippen LogP contribution in [0.15, 0.2) is 112 Å². The summed E-state index contributed by atoms with van der Waals surface area (Å²) in [5, 5.41) is 12.9. The molecule has 1 amide bonds. The lowest BCUT2D eigenvalue weighted by Crippen LogP contribution is -2.54. The fourth-order valence-corrected chi connectivity index (χ4v) is 5.94. The van der Waals surface area contributed by atoms with Crippen molar-refractivity contribution in [2.75, 3.05) is 26.9 Å². The van der Waals surface area contributed by atoms with Crippen LogP contribution in [0.2, 0.25) is 0 Å². The summed E-state index contributed by atoms with van der Waals surface area (Å²) in [5.74, 6) is 1.31. The number of halogens is 1. The zero-order valence-electron chi connectivity index (χ0n) is 26.5. The topological polar surface area (TPSA) is 150 Å². The molecule has 12 heteroatoms. The second-order valence-electron chi connectivity index (χ2n) is 11.1. The fourth-order valence-electron chi connectivity index (χ4n) is 5.52. The lowest BCUT2D eigenvalue weighted by Gasteiger charge is -2.32. The Morgan fingerprint density at radius 1 is 1.04 bits per heavy atom. The van der Waals surface area contributed by atoms with Crippen LogP contribution >= 0.6 is 15.9 Å². The summed E-state index contributed by atoms with van der Waals surface area (Å²) in [6.07, 6.45) is 0.495. The first-order valence-electron chi connectivity index (χ1n) is 15.6. The van der Waals surface area contributed by atoms with Crippen molar-refractivity contribution >= 4 is 27.7 Å². The number of rotatable bonds is 16. The zero-order chi connectivity index (χ0) is 33.8. The number of aliphatic imine (C=N–C) groups is 1. The van der Waals surface area contributed by atoms with Gasteiger partial charge in [0.2, 0.25) is 5.90 Å². The molecule has 1 heterocycles. The maximum absolute atomic E-state index is 14.6. The molecule has 4 aromatic carbocycles. The summed E-state index contributed by atoms with van der Waals surface area (Å²) in [7, 11) is 1.63. The molecule has 0 saturated heterocycles. The molecule has 2 atom stereocenters. The van der Waals surface area contributed by atoms with Crippen molar-refractivity contribution < 1.29 is 24.1 Å². The summed E-state index contributed by atoms with van der Waals surface area (Å²) in [5.41, 5.74) is 17.7. The molecule has 0 aliphatic carbocycles. The van der Waals surface area contributed by atoms with Gasteiger partial charge >= 0.3 is 0 Å². The smallest absolute Gasteiger partial charge is 0.266 e. The Hall–Kier alpha value is -4.87. The molecule has 3 N–H and O–H groups in total. The molecule has 0 bridgehead atoms. The molecule has 0 fully saturated rings. The third-order valence-electron chi connectivity index (χ3n) is 7.96. The molecule has 0 unspecified atom stereocenters. The zero-order valence-corrected chi connectivity index (χ0v) is 28.1. The van der Waals surface area contributed by atoms with Gasteiger partial charge in [0, 0.05) is 40.9 Å². The van der Waals surface area contributed by atoms with Crippen molar-refractivity contribution in [1.29, 1.82) is 0 Å². The van der Waals surface area contributed by atoms with Crippen molar-refractivity contribution in [2.24, 2.45) is 10.1 Å². The number of hydrogen-bond donors (Lipinski definition) is 3. The van der Waals surface area contributed by atoms with Crippen LogP contribution in [0.4, 0.5) is 0 Å². The number of hydrazine groups is 1. The largest absolute Gasteiger partial charge is 0.497 e. The molecule has 1 aliphatic rings. The lowest BCUT2D eigenvalue weighted by atomic mass is 9.80. The maximum atomic E-state index is 14.6. The molecule has 248 valence electrons. The summed E-state index contributed by atoms with van der Waals surface area (Å²) >= 11 is 3.67. The third kappa shape index (κ3) is 8.34. The average molecular weight is 714 g/mol. The minimum atomic E-state index is -1.47. The Bertz CT molecular complexity index is 1780. The van der Waals surface area contributed by atoms with Crippen molar-refractivity contribution in [3.05, 3.63) is 140 Å². The van der Waals surface area contributed by atoms with E-state index in [9.17, 15) is 4.79 Å². The number of nitrogens with zero attached hydrogens (tertiary/aromatic N) is 4. The number of azide groups is 1. The van der Waals surface area contributed by atoms with E-state index in [1.807, 2.05) is 84.9 Å². The highest BCUT2D eigenvalue weighted by Gasteiger charge is 2.54. The monoisotopic (exact) mass is 712 g/mol. The number of ether oxygens (including phenoxy) is 3. The van der Waals surface area contributed by atoms with E-state index >= 15 is 0 Å². The molecule has 11 nitrogen and oxygen atoms in total. The van der Waals surface area contributed by atoms with Gasteiger partial charge in [0.25, 0.3) is 5.91 Å². The van der Waals surface area contributed by atoms with Gasteiger partial charge < -0.3 is 19.3 Å². The van der Waals surface area contributed by atoms with Gasteiger partial charge in [-0.05, 0) is 76.7 Å². The van der Waals surface area contributed by atoms with E-state index in [0.29, 0.717) is 48.8 Å². The van der Waals surface area contributed by atoms with Crippen LogP contribution in [0.5, 0.6) is 11.5 Å². The van der Waals surface area contributed by atoms with E-state index in [1.54, 1.807) is 19.2 Å². The van der Waals surface area contributed by atoms with Crippen LogP contribution in [-0.4, -0.2) is 49.3 Å². The summed E-state index contributed by atoms with van der Waals surface area (Å²) < 4.78 is 18.6. The number of aliphatic hydroxyl groups is 1. The molecular weight excluding hydrogens is 676 g/mol. The number of carbonyl (C=O) groups is 1. The first kappa shape index (κ1) is 34.5. The van der Waals surface area contributed by atoms with Gasteiger partial charge in [0.05, 0.1) is 20.3 Å². The number of amides is 1. The minimum absolute atomic E-state index is 0.0445. The highest BCUT2D eigenvalue weighted by atomic mass is 79.9. The predicted molar refractivity (Wildman–Crippen MR) is 187 cm³/mol. The standard InChI is InChI=1S/C36H37BrN6O5/c1-46-30-11-6-8-25(22-30)18-19-39-42-35(45)36(23-27-9-3-5-13-32(27)37)33(31-12-4-2-10-28(31)24-40-43-38)48-34(41-36)26-14-16-29(17-15-26)47-21-7-20-44/h2-6,8-17,22,33,39,44H,7,18-21,23-24H2,1H3,(H,42,45)/t33-,36-/m0/s1. The van der Waals surface area contributed by atoms with Crippen molar-refractivity contribution in [3.8, 4) is 11.5 Å². The van der Waals surface area contributed by atoms with Crippen LogP contribution in [0.3, 0.4) is 0 Å². The number of hydrogen-bond acceptors (Lipinski definition) is 8. The van der Waals surface area contributed by atoms with Gasteiger partial charge in [0.1, 0.15) is 11.5 Å². The van der Waals surface area contributed by atoms with Crippen LogP contribution < -0.4 is 20.3 Å². The van der Waals surface area contributed by atoms with Crippen LogP contribution in [0.1, 0.15) is 40.3 Å². The maximum Gasteiger partial charge on any atom is 0.266 e. The normalized spacial score (nSPS) is 16.7. The predicted octanol–water partition coefficient (Wildman–Crippen LogP) is 6.39. The van der Waals surface area contributed by atoms with E-state index in [4.69, 9.17) is 29.8 Å². The van der Waals surface area contributed by atoms with E-state index < -0.39 is 11.6 Å². The van der Waals surface area contributed by atoms with E-state index in [-0.39, 0.29) is 25.5 Å². The van der Waals surface area contributed by atoms with Crippen molar-refractivity contribution in [2.45, 2.75) is 37.5 Å². The quantitative estimate of drug-likeness (QED) is 0.0403. The van der Waals surface area contributed by atoms with Gasteiger partial charge in [0.15, 0.2) is 11.6 Å². The molecule has 48 heavy (non-hydrogen) atoms. The summed E-state index contributed by atoms with van der Waals surface area (Å²) in [6, 6.07) is 30.2. The van der Waals surface area contributed by atoms with Gasteiger partial charge in [-0.1, -0.05) is 75.6 Å². The van der Waals surface area contributed by atoms with Gasteiger partial charge in [-0.15, -0.1) is 0 Å². The Morgan fingerprint density at radius 2 is 1.81 bits per heavy atom. The first-order chi connectivity index (χ1) is 23.5. The van der Waals surface area contributed by atoms with E-state index in [2.05, 4.69) is 36.8 Å². The minimum Gasteiger partial charge on any atom is -0.497 e. The van der Waals surface area contributed by atoms with Gasteiger partial charge in [-0.25, -0.2) is 10.4 Å². The van der Waals surface area contributed by atoms with Gasteiger partial charge in [-0.2, -0.15) is 0 Å². The number of methoxy groups -OCH3 is 1. The highest BCUT2D eigenvalue weighted by Crippen LogP contribution is 2.44. The number of aliphatic hydroxyl groups excluding tert-OH is 1. The Labute approximate surface area is 287 Å². The average Bonchev–Trinajstić information content (AvgIpc) is 3.51. The molecule has 0 spiro atoms. The van der Waals surface area contributed by atoms with Crippen LogP contribution in [0, 0.1) is 0 Å². The van der Waals surface area contributed by atoms with Crippen LogP contribution in [0.25, 0.3) is 10.4 Å². The molecule has 0 saturated carbocycles. The number of carbonyl (C=O) groups excluding carboxylic acids is 1. The Morgan fingerprint density at radius 3 is 2.56 bits per heavy atom. The van der Waals surface area contributed by atoms with E-state index in [0.717, 1.165) is 26.9 Å². The lowest BCUT2D eigenvalue weighted by molar-refractivity contribution is -0.130. The van der Waals surface area contributed by atoms with Crippen LogP contribution in [-0.2, 0) is 28.9 Å². The second-order valence-corrected chi connectivity index (χ2v) is 12.0. The third-order valence-corrected chi connectivity index (χ3v) is 8.74. The number of nitrogens with one attached hydrogen (secondary N) is 2. The van der Waals surface area contributed by atoms with E-state index in [1.165, 1.54) is 0 Å². The highest BCUT2D eigenvalue weighted by molar-refractivity contribution is 9.10. The molecular formula is C36H37BrN6O5. The number of benzene rings is 4. The Balaban J connectivity index is 1.52. The fraction of sp³-hybridized carbons (Fsp3) is 0.278. The Kier molecular flexibility index (Phi) is 12.1. The molecule has 0 radical (unpaired) electrons. The van der Waals surface area contributed by atoms with Gasteiger partial charge in [-0.3, -0.25) is 10.2 Å². The molecule has 5 rings (SSSR count). The second kappa shape index (κ2) is 16.8.